The number of hydrogen-bond donors (Lipinski definition) is 0. The van der Waals surface area contributed by atoms with Gasteiger partial charge in [-0.15, -0.1) is 10.2 Å². The Kier molecular flexibility index (Phi) is 4.26. The lowest BCUT2D eigenvalue weighted by atomic mass is 9.97. The lowest BCUT2D eigenvalue weighted by Crippen LogP contribution is -2.40. The topological polar surface area (TPSA) is 72.6 Å². The average Bonchev–Trinajstić information content (AvgIpc) is 3.30. The maximum absolute atomic E-state index is 12.1. The van der Waals surface area contributed by atoms with E-state index in [-0.39, 0.29) is 17.9 Å². The summed E-state index contributed by atoms with van der Waals surface area (Å²) in [5.41, 5.74) is 0. The van der Waals surface area contributed by atoms with Crippen molar-refractivity contribution in [2.75, 3.05) is 19.7 Å². The van der Waals surface area contributed by atoms with Gasteiger partial charge in [-0.2, -0.15) is 9.61 Å². The Morgan fingerprint density at radius 1 is 1.25 bits per heavy atom. The molecule has 0 saturated carbocycles. The standard InChI is InChI=1S/C16H23N5O2S/c1-10(2)15(22)20-7-5-11(6-8-20)14-19-21-13(12-4-3-9-23-12)17-18-16(21)24-14/h10-12H,3-9H2,1-2H3. The van der Waals surface area contributed by atoms with E-state index in [2.05, 4.69) is 10.2 Å². The first-order valence-electron chi connectivity index (χ1n) is 8.76. The van der Waals surface area contributed by atoms with Gasteiger partial charge in [0.25, 0.3) is 0 Å². The summed E-state index contributed by atoms with van der Waals surface area (Å²) in [5, 5.41) is 14.4. The molecule has 4 rings (SSSR count). The Labute approximate surface area is 145 Å². The summed E-state index contributed by atoms with van der Waals surface area (Å²) in [6.45, 7) is 6.35. The predicted octanol–water partition coefficient (Wildman–Crippen LogP) is 2.40. The van der Waals surface area contributed by atoms with Gasteiger partial charge < -0.3 is 9.64 Å². The van der Waals surface area contributed by atoms with E-state index in [4.69, 9.17) is 9.84 Å². The summed E-state index contributed by atoms with van der Waals surface area (Å²) in [7, 11) is 0. The molecule has 2 aliphatic rings. The monoisotopic (exact) mass is 349 g/mol. The third-order valence-corrected chi connectivity index (χ3v) is 5.96. The van der Waals surface area contributed by atoms with E-state index in [0.29, 0.717) is 5.92 Å². The summed E-state index contributed by atoms with van der Waals surface area (Å²) in [6.07, 6.45) is 4.03. The number of piperidine rings is 1. The minimum atomic E-state index is 0.0282. The van der Waals surface area contributed by atoms with E-state index in [0.717, 1.165) is 61.2 Å². The molecule has 7 nitrogen and oxygen atoms in total. The van der Waals surface area contributed by atoms with Crippen LogP contribution in [0.5, 0.6) is 0 Å². The Balaban J connectivity index is 1.48. The molecular weight excluding hydrogens is 326 g/mol. The van der Waals surface area contributed by atoms with Crippen molar-refractivity contribution in [2.24, 2.45) is 5.92 Å². The molecule has 1 unspecified atom stereocenters. The van der Waals surface area contributed by atoms with Crippen molar-refractivity contribution in [3.63, 3.8) is 0 Å². The summed E-state index contributed by atoms with van der Waals surface area (Å²) in [5.74, 6) is 1.57. The molecule has 24 heavy (non-hydrogen) atoms. The molecule has 130 valence electrons. The number of carbonyl (C=O) groups is 1. The van der Waals surface area contributed by atoms with Crippen molar-refractivity contribution in [2.45, 2.75) is 51.6 Å². The van der Waals surface area contributed by atoms with Crippen molar-refractivity contribution in [3.05, 3.63) is 10.8 Å². The van der Waals surface area contributed by atoms with Crippen LogP contribution in [0.25, 0.3) is 4.96 Å². The molecule has 0 N–H and O–H groups in total. The molecule has 8 heteroatoms. The molecule has 0 aromatic carbocycles. The smallest absolute Gasteiger partial charge is 0.234 e. The zero-order chi connectivity index (χ0) is 16.7. The van der Waals surface area contributed by atoms with Crippen LogP contribution in [0, 0.1) is 5.92 Å². The molecule has 0 spiro atoms. The second-order valence-corrected chi connectivity index (χ2v) is 7.94. The zero-order valence-corrected chi connectivity index (χ0v) is 15.0. The minimum absolute atomic E-state index is 0.0282. The number of nitrogens with zero attached hydrogens (tertiary/aromatic N) is 5. The van der Waals surface area contributed by atoms with Crippen LogP contribution in [0.15, 0.2) is 0 Å². The molecular formula is C16H23N5O2S. The van der Waals surface area contributed by atoms with Crippen LogP contribution < -0.4 is 0 Å². The Morgan fingerprint density at radius 2 is 2.04 bits per heavy atom. The minimum Gasteiger partial charge on any atom is -0.370 e. The van der Waals surface area contributed by atoms with Crippen molar-refractivity contribution in [3.8, 4) is 0 Å². The zero-order valence-electron chi connectivity index (χ0n) is 14.1. The van der Waals surface area contributed by atoms with Crippen molar-refractivity contribution < 1.29 is 9.53 Å². The number of fused-ring (bicyclic) bond motifs is 1. The van der Waals surface area contributed by atoms with E-state index in [1.54, 1.807) is 11.3 Å². The molecule has 2 fully saturated rings. The van der Waals surface area contributed by atoms with Crippen LogP contribution in [-0.2, 0) is 9.53 Å². The van der Waals surface area contributed by atoms with Crippen LogP contribution in [0.3, 0.4) is 0 Å². The lowest BCUT2D eigenvalue weighted by molar-refractivity contribution is -0.135. The van der Waals surface area contributed by atoms with Gasteiger partial charge in [0.05, 0.1) is 0 Å². The van der Waals surface area contributed by atoms with Crippen molar-refractivity contribution >= 4 is 22.2 Å². The first-order valence-corrected chi connectivity index (χ1v) is 9.57. The highest BCUT2D eigenvalue weighted by atomic mass is 32.1. The normalized spacial score (nSPS) is 22.8. The fourth-order valence-corrected chi connectivity index (χ4v) is 4.52. The van der Waals surface area contributed by atoms with Gasteiger partial charge in [-0.1, -0.05) is 25.2 Å². The molecule has 0 radical (unpaired) electrons. The van der Waals surface area contributed by atoms with Gasteiger partial charge in [0.15, 0.2) is 5.82 Å². The van der Waals surface area contributed by atoms with Gasteiger partial charge in [-0.25, -0.2) is 0 Å². The third-order valence-electron chi connectivity index (χ3n) is 4.90. The number of rotatable bonds is 3. The number of aromatic nitrogens is 4. The summed E-state index contributed by atoms with van der Waals surface area (Å²) in [4.78, 5) is 14.9. The second kappa shape index (κ2) is 6.40. The van der Waals surface area contributed by atoms with E-state index in [1.807, 2.05) is 23.3 Å². The maximum atomic E-state index is 12.1. The van der Waals surface area contributed by atoms with E-state index < -0.39 is 0 Å². The summed E-state index contributed by atoms with van der Waals surface area (Å²) in [6, 6.07) is 0. The third kappa shape index (κ3) is 2.82. The second-order valence-electron chi connectivity index (χ2n) is 6.95. The average molecular weight is 349 g/mol. The van der Waals surface area contributed by atoms with Crippen molar-refractivity contribution in [1.29, 1.82) is 0 Å². The van der Waals surface area contributed by atoms with E-state index >= 15 is 0 Å². The first-order chi connectivity index (χ1) is 11.6. The van der Waals surface area contributed by atoms with Crippen LogP contribution in [0.2, 0.25) is 0 Å². The largest absolute Gasteiger partial charge is 0.370 e. The molecule has 4 heterocycles. The lowest BCUT2D eigenvalue weighted by Gasteiger charge is -2.32. The number of amides is 1. The summed E-state index contributed by atoms with van der Waals surface area (Å²) < 4.78 is 7.58. The van der Waals surface area contributed by atoms with Crippen LogP contribution in [0.1, 0.15) is 62.4 Å². The van der Waals surface area contributed by atoms with Gasteiger partial charge in [0, 0.05) is 31.5 Å². The molecule has 2 aliphatic heterocycles. The Hall–Kier alpha value is -1.54. The molecule has 2 aromatic heterocycles. The van der Waals surface area contributed by atoms with E-state index in [9.17, 15) is 4.79 Å². The molecule has 1 amide bonds. The molecule has 0 aliphatic carbocycles. The molecule has 2 saturated heterocycles. The maximum Gasteiger partial charge on any atom is 0.234 e. The molecule has 0 bridgehead atoms. The van der Waals surface area contributed by atoms with Gasteiger partial charge in [0.2, 0.25) is 10.9 Å². The highest BCUT2D eigenvalue weighted by Crippen LogP contribution is 2.33. The number of carbonyl (C=O) groups excluding carboxylic acids is 1. The molecule has 2 aromatic rings. The van der Waals surface area contributed by atoms with Gasteiger partial charge in [-0.3, -0.25) is 4.79 Å². The van der Waals surface area contributed by atoms with Gasteiger partial charge in [0.1, 0.15) is 11.1 Å². The Morgan fingerprint density at radius 3 is 2.71 bits per heavy atom. The summed E-state index contributed by atoms with van der Waals surface area (Å²) >= 11 is 1.62. The quantitative estimate of drug-likeness (QED) is 0.851. The number of likely N-dealkylation sites (tertiary alicyclic amines) is 1. The van der Waals surface area contributed by atoms with Crippen LogP contribution in [-0.4, -0.2) is 50.3 Å². The van der Waals surface area contributed by atoms with Gasteiger partial charge >= 0.3 is 0 Å². The fourth-order valence-electron chi connectivity index (χ4n) is 3.51. The predicted molar refractivity (Wildman–Crippen MR) is 90.0 cm³/mol. The van der Waals surface area contributed by atoms with E-state index in [1.165, 1.54) is 0 Å². The number of ether oxygens (including phenoxy) is 1. The van der Waals surface area contributed by atoms with Gasteiger partial charge in [-0.05, 0) is 25.7 Å². The fraction of sp³-hybridized carbons (Fsp3) is 0.750. The molecule has 1 atom stereocenters. The first kappa shape index (κ1) is 16.0. The highest BCUT2D eigenvalue weighted by Gasteiger charge is 2.29. The Bertz CT molecular complexity index is 726. The van der Waals surface area contributed by atoms with Crippen molar-refractivity contribution in [1.82, 2.24) is 24.7 Å². The van der Waals surface area contributed by atoms with Crippen LogP contribution >= 0.6 is 11.3 Å². The number of hydrogen-bond acceptors (Lipinski definition) is 6. The SMILES string of the molecule is CC(C)C(=O)N1CCC(c2nn3c(C4CCCO4)nnc3s2)CC1. The van der Waals surface area contributed by atoms with Crippen LogP contribution in [0.4, 0.5) is 0 Å². The highest BCUT2D eigenvalue weighted by molar-refractivity contribution is 7.16.